The van der Waals surface area contributed by atoms with Gasteiger partial charge in [-0.2, -0.15) is 0 Å². The Morgan fingerprint density at radius 3 is 2.29 bits per heavy atom. The van der Waals surface area contributed by atoms with E-state index in [1.54, 1.807) is 19.1 Å². The van der Waals surface area contributed by atoms with E-state index >= 15 is 0 Å². The first-order valence-electron chi connectivity index (χ1n) is 7.81. The molecule has 24 heavy (non-hydrogen) atoms. The minimum absolute atomic E-state index is 0.0166. The lowest BCUT2D eigenvalue weighted by atomic mass is 10.1. The monoisotopic (exact) mass is 328 g/mol. The van der Waals surface area contributed by atoms with Crippen LogP contribution in [0.3, 0.4) is 0 Å². The highest BCUT2D eigenvalue weighted by Gasteiger charge is 2.12. The van der Waals surface area contributed by atoms with Crippen molar-refractivity contribution in [1.82, 2.24) is 4.90 Å². The van der Waals surface area contributed by atoms with Gasteiger partial charge in [-0.15, -0.1) is 0 Å². The number of methoxy groups -OCH3 is 1. The summed E-state index contributed by atoms with van der Waals surface area (Å²) in [4.78, 5) is 16.1. The lowest BCUT2D eigenvalue weighted by Crippen LogP contribution is -2.31. The van der Waals surface area contributed by atoms with Gasteiger partial charge in [-0.1, -0.05) is 6.07 Å². The van der Waals surface area contributed by atoms with Gasteiger partial charge in [-0.3, -0.25) is 4.79 Å². The van der Waals surface area contributed by atoms with Gasteiger partial charge in [0.25, 0.3) is 5.91 Å². The molecule has 0 aliphatic rings. The van der Waals surface area contributed by atoms with Crippen LogP contribution < -0.4 is 14.4 Å². The van der Waals surface area contributed by atoms with Gasteiger partial charge in [0.05, 0.1) is 13.7 Å². The van der Waals surface area contributed by atoms with E-state index in [0.717, 1.165) is 17.2 Å². The van der Waals surface area contributed by atoms with Crippen molar-refractivity contribution in [3.8, 4) is 11.5 Å². The summed E-state index contributed by atoms with van der Waals surface area (Å²) in [6.07, 6.45) is 0. The van der Waals surface area contributed by atoms with Gasteiger partial charge in [0.2, 0.25) is 0 Å². The average Bonchev–Trinajstić information content (AvgIpc) is 2.61. The summed E-state index contributed by atoms with van der Waals surface area (Å²) in [6, 6.07) is 15.0. The lowest BCUT2D eigenvalue weighted by Gasteiger charge is -2.19. The fraction of sp³-hybridized carbons (Fsp3) is 0.316. The van der Waals surface area contributed by atoms with Crippen LogP contribution in [-0.4, -0.2) is 52.2 Å². The van der Waals surface area contributed by atoms with Crippen LogP contribution in [0.1, 0.15) is 10.4 Å². The van der Waals surface area contributed by atoms with E-state index < -0.39 is 0 Å². The second kappa shape index (κ2) is 8.24. The summed E-state index contributed by atoms with van der Waals surface area (Å²) in [5, 5.41) is 0. The van der Waals surface area contributed by atoms with E-state index in [4.69, 9.17) is 9.47 Å². The maximum absolute atomic E-state index is 12.5. The first-order valence-corrected chi connectivity index (χ1v) is 7.81. The van der Waals surface area contributed by atoms with Crippen LogP contribution in [-0.2, 0) is 0 Å². The van der Waals surface area contributed by atoms with Crippen molar-refractivity contribution in [2.75, 3.05) is 46.3 Å². The van der Waals surface area contributed by atoms with Gasteiger partial charge in [-0.25, -0.2) is 0 Å². The Bertz CT molecular complexity index is 669. The molecule has 0 N–H and O–H groups in total. The van der Waals surface area contributed by atoms with Crippen molar-refractivity contribution in [3.05, 3.63) is 54.1 Å². The number of hydrogen-bond acceptors (Lipinski definition) is 4. The molecular formula is C19H24N2O3. The van der Waals surface area contributed by atoms with Crippen molar-refractivity contribution in [3.63, 3.8) is 0 Å². The average molecular weight is 328 g/mol. The van der Waals surface area contributed by atoms with E-state index in [0.29, 0.717) is 18.7 Å². The van der Waals surface area contributed by atoms with Gasteiger partial charge in [0.1, 0.15) is 18.1 Å². The molecule has 2 aromatic carbocycles. The SMILES string of the molecule is COc1ccc(OCCN(C)C(=O)c2cccc(N(C)C)c2)cc1. The summed E-state index contributed by atoms with van der Waals surface area (Å²) in [5.74, 6) is 1.53. The lowest BCUT2D eigenvalue weighted by molar-refractivity contribution is 0.0774. The molecule has 0 bridgehead atoms. The third-order valence-corrected chi connectivity index (χ3v) is 3.71. The molecule has 0 aliphatic heterocycles. The summed E-state index contributed by atoms with van der Waals surface area (Å²) < 4.78 is 10.8. The van der Waals surface area contributed by atoms with Crippen LogP contribution in [0.15, 0.2) is 48.5 Å². The maximum atomic E-state index is 12.5. The number of carbonyl (C=O) groups excluding carboxylic acids is 1. The van der Waals surface area contributed by atoms with Gasteiger partial charge in [0, 0.05) is 32.4 Å². The fourth-order valence-corrected chi connectivity index (χ4v) is 2.21. The Morgan fingerprint density at radius 2 is 1.67 bits per heavy atom. The van der Waals surface area contributed by atoms with Crippen LogP contribution in [0.25, 0.3) is 0 Å². The quantitative estimate of drug-likeness (QED) is 0.784. The molecule has 0 fully saturated rings. The standard InChI is InChI=1S/C19H24N2O3/c1-20(2)16-7-5-6-15(14-16)19(22)21(3)12-13-24-18-10-8-17(23-4)9-11-18/h5-11,14H,12-13H2,1-4H3. The smallest absolute Gasteiger partial charge is 0.253 e. The zero-order chi connectivity index (χ0) is 17.5. The summed E-state index contributed by atoms with van der Waals surface area (Å²) in [7, 11) is 7.32. The Hall–Kier alpha value is -2.69. The van der Waals surface area contributed by atoms with Crippen LogP contribution in [0, 0.1) is 0 Å². The molecule has 0 unspecified atom stereocenters. The van der Waals surface area contributed by atoms with Crippen molar-refractivity contribution in [2.45, 2.75) is 0 Å². The van der Waals surface area contributed by atoms with Crippen LogP contribution in [0.4, 0.5) is 5.69 Å². The van der Waals surface area contributed by atoms with Crippen LogP contribution >= 0.6 is 0 Å². The van der Waals surface area contributed by atoms with Gasteiger partial charge in [0.15, 0.2) is 0 Å². The first-order chi connectivity index (χ1) is 11.5. The number of benzene rings is 2. The largest absolute Gasteiger partial charge is 0.497 e. The van der Waals surface area contributed by atoms with Gasteiger partial charge >= 0.3 is 0 Å². The molecule has 5 nitrogen and oxygen atoms in total. The molecule has 0 aliphatic carbocycles. The number of nitrogens with zero attached hydrogens (tertiary/aromatic N) is 2. The second-order valence-corrected chi connectivity index (χ2v) is 5.70. The van der Waals surface area contributed by atoms with Gasteiger partial charge in [-0.05, 0) is 42.5 Å². The number of hydrogen-bond donors (Lipinski definition) is 0. The molecular weight excluding hydrogens is 304 g/mol. The Kier molecular flexibility index (Phi) is 6.07. The van der Waals surface area contributed by atoms with Crippen molar-refractivity contribution >= 4 is 11.6 Å². The fourth-order valence-electron chi connectivity index (χ4n) is 2.21. The molecule has 128 valence electrons. The third-order valence-electron chi connectivity index (χ3n) is 3.71. The van der Waals surface area contributed by atoms with E-state index in [1.807, 2.05) is 67.5 Å². The maximum Gasteiger partial charge on any atom is 0.253 e. The molecule has 0 radical (unpaired) electrons. The second-order valence-electron chi connectivity index (χ2n) is 5.70. The van der Waals surface area contributed by atoms with E-state index in [2.05, 4.69) is 0 Å². The molecule has 0 saturated heterocycles. The minimum atomic E-state index is -0.0166. The molecule has 0 heterocycles. The highest BCUT2D eigenvalue weighted by molar-refractivity contribution is 5.95. The summed E-state index contributed by atoms with van der Waals surface area (Å²) >= 11 is 0. The number of rotatable bonds is 7. The number of amides is 1. The molecule has 0 atom stereocenters. The van der Waals surface area contributed by atoms with Crippen molar-refractivity contribution < 1.29 is 14.3 Å². The minimum Gasteiger partial charge on any atom is -0.497 e. The molecule has 2 rings (SSSR count). The Balaban J connectivity index is 1.88. The summed E-state index contributed by atoms with van der Waals surface area (Å²) in [6.45, 7) is 0.943. The normalized spacial score (nSPS) is 10.2. The summed E-state index contributed by atoms with van der Waals surface area (Å²) in [5.41, 5.74) is 1.68. The highest BCUT2D eigenvalue weighted by Crippen LogP contribution is 2.17. The van der Waals surface area contributed by atoms with E-state index in [9.17, 15) is 4.79 Å². The molecule has 0 spiro atoms. The number of likely N-dealkylation sites (N-methyl/N-ethyl adjacent to an activating group) is 1. The zero-order valence-electron chi connectivity index (χ0n) is 14.7. The Morgan fingerprint density at radius 1 is 1.00 bits per heavy atom. The number of anilines is 1. The number of ether oxygens (including phenoxy) is 2. The molecule has 0 aromatic heterocycles. The number of carbonyl (C=O) groups is 1. The predicted octanol–water partition coefficient (Wildman–Crippen LogP) is 2.91. The zero-order valence-corrected chi connectivity index (χ0v) is 14.7. The molecule has 5 heteroatoms. The molecule has 0 saturated carbocycles. The highest BCUT2D eigenvalue weighted by atomic mass is 16.5. The van der Waals surface area contributed by atoms with Crippen LogP contribution in [0.5, 0.6) is 11.5 Å². The Labute approximate surface area is 143 Å². The predicted molar refractivity (Wildman–Crippen MR) is 96.2 cm³/mol. The topological polar surface area (TPSA) is 42.0 Å². The van der Waals surface area contributed by atoms with Crippen molar-refractivity contribution in [2.24, 2.45) is 0 Å². The third kappa shape index (κ3) is 4.65. The molecule has 1 amide bonds. The van der Waals surface area contributed by atoms with Gasteiger partial charge < -0.3 is 19.3 Å². The van der Waals surface area contributed by atoms with E-state index in [-0.39, 0.29) is 5.91 Å². The molecule has 2 aromatic rings. The van der Waals surface area contributed by atoms with Crippen molar-refractivity contribution in [1.29, 1.82) is 0 Å². The van der Waals surface area contributed by atoms with E-state index in [1.165, 1.54) is 0 Å². The van der Waals surface area contributed by atoms with Crippen LogP contribution in [0.2, 0.25) is 0 Å². The first kappa shape index (κ1) is 17.7.